The molecule has 2 heterocycles. The fourth-order valence-corrected chi connectivity index (χ4v) is 2.03. The topological polar surface area (TPSA) is 58.0 Å². The Hall–Kier alpha value is -1.94. The Bertz CT molecular complexity index is 554. The number of benzene rings is 1. The van der Waals surface area contributed by atoms with Crippen molar-refractivity contribution in [3.05, 3.63) is 41.7 Å². The molecule has 4 nitrogen and oxygen atoms in total. The predicted octanol–water partition coefficient (Wildman–Crippen LogP) is 1.49. The largest absolute Gasteiger partial charge is 0.507 e. The Balaban J connectivity index is 2.07. The van der Waals surface area contributed by atoms with Crippen LogP contribution in [0.25, 0.3) is 11.4 Å². The molecule has 86 valence electrons. The van der Waals surface area contributed by atoms with Crippen molar-refractivity contribution in [2.24, 2.45) is 0 Å². The lowest BCUT2D eigenvalue weighted by atomic mass is 10.1. The Labute approximate surface area is 99.4 Å². The third-order valence-electron chi connectivity index (χ3n) is 2.95. The summed E-state index contributed by atoms with van der Waals surface area (Å²) in [6.45, 7) is 1.78. The fraction of sp³-hybridized carbons (Fsp3) is 0.231. The van der Waals surface area contributed by atoms with Gasteiger partial charge in [0.05, 0.1) is 11.3 Å². The number of rotatable bonds is 1. The predicted molar refractivity (Wildman–Crippen MR) is 64.5 cm³/mol. The number of nitrogens with one attached hydrogen (secondary N) is 1. The second-order valence-corrected chi connectivity index (χ2v) is 4.11. The summed E-state index contributed by atoms with van der Waals surface area (Å²) in [7, 11) is 0. The van der Waals surface area contributed by atoms with E-state index in [2.05, 4.69) is 15.3 Å². The van der Waals surface area contributed by atoms with Crippen LogP contribution in [0, 0.1) is 0 Å². The number of fused-ring (bicyclic) bond motifs is 1. The molecule has 0 unspecified atom stereocenters. The number of para-hydroxylation sites is 1. The van der Waals surface area contributed by atoms with Crippen molar-refractivity contribution in [1.29, 1.82) is 0 Å². The molecular formula is C13H13N3O. The van der Waals surface area contributed by atoms with Gasteiger partial charge in [0.25, 0.3) is 0 Å². The van der Waals surface area contributed by atoms with Crippen LogP contribution in [0.4, 0.5) is 0 Å². The van der Waals surface area contributed by atoms with Gasteiger partial charge in [-0.3, -0.25) is 0 Å². The van der Waals surface area contributed by atoms with Crippen LogP contribution in [0.2, 0.25) is 0 Å². The smallest absolute Gasteiger partial charge is 0.163 e. The van der Waals surface area contributed by atoms with E-state index in [4.69, 9.17) is 0 Å². The van der Waals surface area contributed by atoms with Gasteiger partial charge in [-0.25, -0.2) is 9.97 Å². The van der Waals surface area contributed by atoms with Crippen LogP contribution in [-0.2, 0) is 13.0 Å². The summed E-state index contributed by atoms with van der Waals surface area (Å²) < 4.78 is 0. The summed E-state index contributed by atoms with van der Waals surface area (Å²) in [6.07, 6.45) is 2.76. The fourth-order valence-electron chi connectivity index (χ4n) is 2.03. The molecule has 3 rings (SSSR count). The maximum absolute atomic E-state index is 9.78. The van der Waals surface area contributed by atoms with E-state index in [1.54, 1.807) is 12.1 Å². The second kappa shape index (κ2) is 4.14. The first-order valence-corrected chi connectivity index (χ1v) is 5.68. The summed E-state index contributed by atoms with van der Waals surface area (Å²) in [6, 6.07) is 7.15. The third kappa shape index (κ3) is 1.87. The van der Waals surface area contributed by atoms with Crippen LogP contribution in [0.5, 0.6) is 5.75 Å². The highest BCUT2D eigenvalue weighted by Crippen LogP contribution is 2.26. The van der Waals surface area contributed by atoms with Crippen molar-refractivity contribution in [3.63, 3.8) is 0 Å². The maximum Gasteiger partial charge on any atom is 0.163 e. The number of nitrogens with zero attached hydrogens (tertiary/aromatic N) is 2. The lowest BCUT2D eigenvalue weighted by Crippen LogP contribution is -2.24. The van der Waals surface area contributed by atoms with Gasteiger partial charge in [-0.1, -0.05) is 12.1 Å². The molecule has 0 saturated heterocycles. The molecule has 17 heavy (non-hydrogen) atoms. The van der Waals surface area contributed by atoms with Gasteiger partial charge in [0.1, 0.15) is 5.75 Å². The molecule has 1 aliphatic rings. The first-order chi connectivity index (χ1) is 8.34. The van der Waals surface area contributed by atoms with E-state index in [-0.39, 0.29) is 5.75 Å². The molecule has 2 aromatic rings. The molecule has 0 fully saturated rings. The van der Waals surface area contributed by atoms with Crippen LogP contribution in [-0.4, -0.2) is 21.6 Å². The molecular weight excluding hydrogens is 214 g/mol. The average molecular weight is 227 g/mol. The Morgan fingerprint density at radius 3 is 3.00 bits per heavy atom. The van der Waals surface area contributed by atoms with E-state index in [0.29, 0.717) is 11.4 Å². The molecule has 0 bridgehead atoms. The highest BCUT2D eigenvalue weighted by Gasteiger charge is 2.13. The first kappa shape index (κ1) is 10.2. The average Bonchev–Trinajstić information content (AvgIpc) is 2.39. The number of phenols is 1. The number of aromatic hydroxyl groups is 1. The normalized spacial score (nSPS) is 14.4. The maximum atomic E-state index is 9.78. The SMILES string of the molecule is Oc1ccccc1-c1ncc2c(n1)CCNC2. The van der Waals surface area contributed by atoms with Crippen LogP contribution in [0.1, 0.15) is 11.3 Å². The van der Waals surface area contributed by atoms with Crippen LogP contribution in [0.15, 0.2) is 30.5 Å². The number of aromatic nitrogens is 2. The molecule has 1 aromatic heterocycles. The van der Waals surface area contributed by atoms with Crippen molar-refractivity contribution >= 4 is 0 Å². The minimum atomic E-state index is 0.224. The van der Waals surface area contributed by atoms with E-state index in [0.717, 1.165) is 30.8 Å². The molecule has 4 heteroatoms. The highest BCUT2D eigenvalue weighted by atomic mass is 16.3. The zero-order valence-corrected chi connectivity index (χ0v) is 9.35. The lowest BCUT2D eigenvalue weighted by Gasteiger charge is -2.16. The molecule has 0 radical (unpaired) electrons. The van der Waals surface area contributed by atoms with E-state index in [1.165, 1.54) is 0 Å². The van der Waals surface area contributed by atoms with Gasteiger partial charge in [-0.15, -0.1) is 0 Å². The Morgan fingerprint density at radius 2 is 2.12 bits per heavy atom. The molecule has 0 saturated carbocycles. The molecule has 1 aromatic carbocycles. The van der Waals surface area contributed by atoms with Gasteiger partial charge in [0.15, 0.2) is 5.82 Å². The molecule has 2 N–H and O–H groups in total. The van der Waals surface area contributed by atoms with E-state index >= 15 is 0 Å². The number of phenolic OH excluding ortho intramolecular Hbond substituents is 1. The van der Waals surface area contributed by atoms with Gasteiger partial charge < -0.3 is 10.4 Å². The van der Waals surface area contributed by atoms with Gasteiger partial charge in [0.2, 0.25) is 0 Å². The summed E-state index contributed by atoms with van der Waals surface area (Å²) in [5, 5.41) is 13.1. The minimum Gasteiger partial charge on any atom is -0.507 e. The van der Waals surface area contributed by atoms with Crippen LogP contribution >= 0.6 is 0 Å². The molecule has 0 atom stereocenters. The molecule has 0 spiro atoms. The van der Waals surface area contributed by atoms with Gasteiger partial charge in [0, 0.05) is 31.3 Å². The van der Waals surface area contributed by atoms with Crippen molar-refractivity contribution < 1.29 is 5.11 Å². The van der Waals surface area contributed by atoms with Crippen molar-refractivity contribution in [1.82, 2.24) is 15.3 Å². The lowest BCUT2D eigenvalue weighted by molar-refractivity contribution is 0.477. The van der Waals surface area contributed by atoms with Crippen molar-refractivity contribution in [3.8, 4) is 17.1 Å². The van der Waals surface area contributed by atoms with E-state index in [1.807, 2.05) is 18.3 Å². The van der Waals surface area contributed by atoms with Crippen LogP contribution < -0.4 is 5.32 Å². The summed E-state index contributed by atoms with van der Waals surface area (Å²) in [5.41, 5.74) is 2.92. The van der Waals surface area contributed by atoms with Gasteiger partial charge in [-0.05, 0) is 12.1 Å². The van der Waals surface area contributed by atoms with Crippen molar-refractivity contribution in [2.75, 3.05) is 6.54 Å². The molecule has 0 amide bonds. The van der Waals surface area contributed by atoms with Crippen molar-refractivity contribution in [2.45, 2.75) is 13.0 Å². The third-order valence-corrected chi connectivity index (χ3v) is 2.95. The number of hydrogen-bond acceptors (Lipinski definition) is 4. The van der Waals surface area contributed by atoms with E-state index < -0.39 is 0 Å². The minimum absolute atomic E-state index is 0.224. The zero-order chi connectivity index (χ0) is 11.7. The van der Waals surface area contributed by atoms with Gasteiger partial charge >= 0.3 is 0 Å². The second-order valence-electron chi connectivity index (χ2n) is 4.11. The number of hydrogen-bond donors (Lipinski definition) is 2. The first-order valence-electron chi connectivity index (χ1n) is 5.68. The zero-order valence-electron chi connectivity index (χ0n) is 9.35. The summed E-state index contributed by atoms with van der Waals surface area (Å²) in [5.74, 6) is 0.824. The Kier molecular flexibility index (Phi) is 2.49. The van der Waals surface area contributed by atoms with Crippen LogP contribution in [0.3, 0.4) is 0 Å². The molecule has 1 aliphatic heterocycles. The molecule has 0 aliphatic carbocycles. The van der Waals surface area contributed by atoms with E-state index in [9.17, 15) is 5.11 Å². The summed E-state index contributed by atoms with van der Waals surface area (Å²) >= 11 is 0. The standard InChI is InChI=1S/C13H13N3O/c17-12-4-2-1-3-10(12)13-15-8-9-7-14-6-5-11(9)16-13/h1-4,8,14,17H,5-7H2. The quantitative estimate of drug-likeness (QED) is 0.775. The summed E-state index contributed by atoms with van der Waals surface area (Å²) in [4.78, 5) is 8.85. The Morgan fingerprint density at radius 1 is 1.24 bits per heavy atom. The van der Waals surface area contributed by atoms with Gasteiger partial charge in [-0.2, -0.15) is 0 Å². The highest BCUT2D eigenvalue weighted by molar-refractivity contribution is 5.63. The monoisotopic (exact) mass is 227 g/mol.